The van der Waals surface area contributed by atoms with Gasteiger partial charge in [-0.3, -0.25) is 0 Å². The summed E-state index contributed by atoms with van der Waals surface area (Å²) in [5.41, 5.74) is 15.8. The van der Waals surface area contributed by atoms with Crippen LogP contribution in [0, 0.1) is 6.92 Å². The summed E-state index contributed by atoms with van der Waals surface area (Å²) in [5.74, 6) is 0.916. The van der Waals surface area contributed by atoms with E-state index in [4.69, 9.17) is 4.42 Å². The van der Waals surface area contributed by atoms with Crippen LogP contribution in [0.5, 0.6) is 0 Å². The second-order valence-corrected chi connectivity index (χ2v) is 15.7. The van der Waals surface area contributed by atoms with Crippen molar-refractivity contribution < 1.29 is 4.42 Å². The fourth-order valence-corrected chi connectivity index (χ4v) is 8.99. The minimum atomic E-state index is 0.913. The van der Waals surface area contributed by atoms with E-state index in [1.54, 1.807) is 0 Å². The monoisotopic (exact) mass is 779 g/mol. The molecular formula is C59H41NO. The molecule has 0 unspecified atom stereocenters. The standard InChI is InChI=1S/C59H41NO/c1-40-51-19-10-12-25-58(51)61-59(40)48-18-13-17-46(38-48)43-30-34-49(35-31-43)60(57-24-11-9-21-53(57)44-28-26-42(27-29-44)41-14-3-2-4-15-41)50-36-32-45(33-37-50)56-39-47-16-5-6-20-52(47)54-22-7-8-23-55(54)56/h2-39H,1H3. The number of hydrogen-bond acceptors (Lipinski definition) is 2. The third-order valence-electron chi connectivity index (χ3n) is 12.1. The Bertz CT molecular complexity index is 3340. The van der Waals surface area contributed by atoms with Crippen LogP contribution >= 0.6 is 0 Å². The molecule has 0 aliphatic heterocycles. The summed E-state index contributed by atoms with van der Waals surface area (Å²) in [7, 11) is 0. The smallest absolute Gasteiger partial charge is 0.138 e. The molecule has 0 saturated carbocycles. The second kappa shape index (κ2) is 15.3. The van der Waals surface area contributed by atoms with Gasteiger partial charge in [0.25, 0.3) is 0 Å². The highest BCUT2D eigenvalue weighted by molar-refractivity contribution is 6.13. The fraction of sp³-hybridized carbons (Fsp3) is 0.0169. The van der Waals surface area contributed by atoms with Crippen LogP contribution in [0.15, 0.2) is 235 Å². The van der Waals surface area contributed by atoms with Crippen LogP contribution in [0.25, 0.3) is 88.3 Å². The molecule has 0 amide bonds. The number of benzene rings is 10. The summed E-state index contributed by atoms with van der Waals surface area (Å²) in [6.07, 6.45) is 0. The van der Waals surface area contributed by atoms with Gasteiger partial charge in [-0.25, -0.2) is 0 Å². The molecule has 0 N–H and O–H groups in total. The van der Waals surface area contributed by atoms with E-state index in [2.05, 4.69) is 230 Å². The molecule has 2 heteroatoms. The van der Waals surface area contributed by atoms with Gasteiger partial charge in [0.15, 0.2) is 0 Å². The molecule has 0 spiro atoms. The van der Waals surface area contributed by atoms with Crippen LogP contribution in [-0.2, 0) is 0 Å². The van der Waals surface area contributed by atoms with Gasteiger partial charge in [-0.2, -0.15) is 0 Å². The van der Waals surface area contributed by atoms with E-state index in [0.29, 0.717) is 0 Å². The highest BCUT2D eigenvalue weighted by Gasteiger charge is 2.19. The van der Waals surface area contributed by atoms with Gasteiger partial charge in [-0.15, -0.1) is 0 Å². The number of anilines is 3. The largest absolute Gasteiger partial charge is 0.456 e. The molecule has 0 fully saturated rings. The van der Waals surface area contributed by atoms with Crippen molar-refractivity contribution >= 4 is 49.6 Å². The zero-order valence-corrected chi connectivity index (χ0v) is 33.8. The van der Waals surface area contributed by atoms with Crippen LogP contribution in [0.3, 0.4) is 0 Å². The second-order valence-electron chi connectivity index (χ2n) is 15.7. The molecule has 1 aromatic heterocycles. The van der Waals surface area contributed by atoms with Crippen molar-refractivity contribution in [3.05, 3.63) is 236 Å². The van der Waals surface area contributed by atoms with Crippen LogP contribution in [-0.4, -0.2) is 0 Å². The lowest BCUT2D eigenvalue weighted by molar-refractivity contribution is 0.629. The van der Waals surface area contributed by atoms with E-state index < -0.39 is 0 Å². The number of para-hydroxylation sites is 2. The first kappa shape index (κ1) is 36.2. The normalized spacial score (nSPS) is 11.4. The van der Waals surface area contributed by atoms with Crippen molar-refractivity contribution in [2.45, 2.75) is 6.92 Å². The molecule has 0 saturated heterocycles. The Morgan fingerprint density at radius 1 is 0.328 bits per heavy atom. The summed E-state index contributed by atoms with van der Waals surface area (Å²) in [4.78, 5) is 2.39. The maximum Gasteiger partial charge on any atom is 0.138 e. The predicted octanol–water partition coefficient (Wildman–Crippen LogP) is 16.9. The number of nitrogens with zero attached hydrogens (tertiary/aromatic N) is 1. The molecule has 10 aromatic carbocycles. The molecule has 2 nitrogen and oxygen atoms in total. The summed E-state index contributed by atoms with van der Waals surface area (Å²) in [6.45, 7) is 2.14. The van der Waals surface area contributed by atoms with E-state index in [0.717, 1.165) is 67.2 Å². The van der Waals surface area contributed by atoms with Crippen LogP contribution < -0.4 is 4.90 Å². The fourth-order valence-electron chi connectivity index (χ4n) is 8.99. The number of aryl methyl sites for hydroxylation is 1. The summed E-state index contributed by atoms with van der Waals surface area (Å²) < 4.78 is 6.37. The van der Waals surface area contributed by atoms with Crippen molar-refractivity contribution in [2.24, 2.45) is 0 Å². The third-order valence-corrected chi connectivity index (χ3v) is 12.1. The van der Waals surface area contributed by atoms with E-state index >= 15 is 0 Å². The van der Waals surface area contributed by atoms with Gasteiger partial charge >= 0.3 is 0 Å². The van der Waals surface area contributed by atoms with Crippen LogP contribution in [0.4, 0.5) is 17.1 Å². The Hall–Kier alpha value is -7.94. The highest BCUT2D eigenvalue weighted by Crippen LogP contribution is 2.43. The predicted molar refractivity (Wildman–Crippen MR) is 258 cm³/mol. The topological polar surface area (TPSA) is 16.4 Å². The lowest BCUT2D eigenvalue weighted by Crippen LogP contribution is -2.11. The molecule has 0 atom stereocenters. The quantitative estimate of drug-likeness (QED) is 0.143. The molecule has 0 aliphatic carbocycles. The van der Waals surface area contributed by atoms with Crippen molar-refractivity contribution in [3.8, 4) is 55.8 Å². The first-order valence-corrected chi connectivity index (χ1v) is 20.9. The average Bonchev–Trinajstić information content (AvgIpc) is 3.68. The van der Waals surface area contributed by atoms with Gasteiger partial charge in [-0.05, 0) is 116 Å². The van der Waals surface area contributed by atoms with Gasteiger partial charge < -0.3 is 9.32 Å². The van der Waals surface area contributed by atoms with Crippen LogP contribution in [0.2, 0.25) is 0 Å². The van der Waals surface area contributed by atoms with E-state index in [-0.39, 0.29) is 0 Å². The van der Waals surface area contributed by atoms with Crippen molar-refractivity contribution in [1.29, 1.82) is 0 Å². The van der Waals surface area contributed by atoms with Gasteiger partial charge in [-0.1, -0.05) is 182 Å². The first-order chi connectivity index (χ1) is 30.2. The average molecular weight is 780 g/mol. The number of rotatable bonds is 8. The zero-order valence-electron chi connectivity index (χ0n) is 33.8. The summed E-state index contributed by atoms with van der Waals surface area (Å²) in [6, 6.07) is 83.0. The minimum absolute atomic E-state index is 0.913. The first-order valence-electron chi connectivity index (χ1n) is 20.9. The Morgan fingerprint density at radius 3 is 1.59 bits per heavy atom. The number of furan rings is 1. The summed E-state index contributed by atoms with van der Waals surface area (Å²) >= 11 is 0. The molecule has 288 valence electrons. The number of hydrogen-bond donors (Lipinski definition) is 0. The lowest BCUT2D eigenvalue weighted by Gasteiger charge is -2.28. The van der Waals surface area contributed by atoms with E-state index in [1.807, 2.05) is 12.1 Å². The maximum absolute atomic E-state index is 6.37. The van der Waals surface area contributed by atoms with Crippen molar-refractivity contribution in [3.63, 3.8) is 0 Å². The Labute approximate surface area is 356 Å². The maximum atomic E-state index is 6.37. The Balaban J connectivity index is 1.01. The lowest BCUT2D eigenvalue weighted by atomic mass is 9.93. The highest BCUT2D eigenvalue weighted by atomic mass is 16.3. The summed E-state index contributed by atoms with van der Waals surface area (Å²) in [5, 5.41) is 6.20. The van der Waals surface area contributed by atoms with E-state index in [9.17, 15) is 0 Å². The van der Waals surface area contributed by atoms with Gasteiger partial charge in [0.05, 0.1) is 5.69 Å². The molecule has 61 heavy (non-hydrogen) atoms. The zero-order chi connectivity index (χ0) is 40.7. The molecule has 11 rings (SSSR count). The van der Waals surface area contributed by atoms with Crippen molar-refractivity contribution in [2.75, 3.05) is 4.90 Å². The molecule has 1 heterocycles. The number of fused-ring (bicyclic) bond motifs is 4. The Kier molecular flexibility index (Phi) is 9.09. The Morgan fingerprint density at radius 2 is 0.836 bits per heavy atom. The molecular weight excluding hydrogens is 739 g/mol. The molecule has 0 bridgehead atoms. The third kappa shape index (κ3) is 6.65. The van der Waals surface area contributed by atoms with Crippen LogP contribution in [0.1, 0.15) is 5.56 Å². The molecule has 0 aliphatic rings. The van der Waals surface area contributed by atoms with Gasteiger partial charge in [0, 0.05) is 33.5 Å². The molecule has 11 aromatic rings. The van der Waals surface area contributed by atoms with Gasteiger partial charge in [0.2, 0.25) is 0 Å². The van der Waals surface area contributed by atoms with E-state index in [1.165, 1.54) is 43.8 Å². The molecule has 0 radical (unpaired) electrons. The SMILES string of the molecule is Cc1c(-c2cccc(-c3ccc(N(c4ccc(-c5cc6ccccc6c6ccccc56)cc4)c4ccccc4-c4ccc(-c5ccccc5)cc4)cc3)c2)oc2ccccc12. The van der Waals surface area contributed by atoms with Crippen molar-refractivity contribution in [1.82, 2.24) is 0 Å². The minimum Gasteiger partial charge on any atom is -0.456 e. The van der Waals surface area contributed by atoms with Gasteiger partial charge in [0.1, 0.15) is 11.3 Å².